The van der Waals surface area contributed by atoms with E-state index in [0.29, 0.717) is 0 Å². The Hall–Kier alpha value is -0.370. The first kappa shape index (κ1) is 8.63. The molecular weight excluding hydrogens is 132 g/mol. The molecule has 1 atom stereocenters. The number of allylic oxidation sites excluding steroid dienone is 2. The van der Waals surface area contributed by atoms with Gasteiger partial charge in [0.25, 0.3) is 0 Å². The maximum absolute atomic E-state index is 10.4. The van der Waals surface area contributed by atoms with E-state index >= 15 is 0 Å². The van der Waals surface area contributed by atoms with E-state index in [2.05, 4.69) is 0 Å². The normalized spacial score (nSPS) is 22.6. The topological polar surface area (TPSA) is 17.1 Å². The Labute approximate surface area is 58.9 Å². The van der Waals surface area contributed by atoms with Crippen molar-refractivity contribution in [3.8, 4) is 0 Å². The van der Waals surface area contributed by atoms with Gasteiger partial charge in [0.05, 0.1) is 10.8 Å². The van der Waals surface area contributed by atoms with E-state index < -0.39 is 10.8 Å². The lowest BCUT2D eigenvalue weighted by molar-refractivity contribution is 0.693. The van der Waals surface area contributed by atoms with Crippen LogP contribution in [0.25, 0.3) is 0 Å². The Morgan fingerprint density at radius 1 is 1.44 bits per heavy atom. The van der Waals surface area contributed by atoms with Gasteiger partial charge in [0.15, 0.2) is 0 Å². The van der Waals surface area contributed by atoms with Crippen LogP contribution in [0.2, 0.25) is 0 Å². The fourth-order valence-corrected chi connectivity index (χ4v) is 1.31. The van der Waals surface area contributed by atoms with Gasteiger partial charge in [0.1, 0.15) is 0 Å². The van der Waals surface area contributed by atoms with Crippen molar-refractivity contribution in [1.29, 1.82) is 0 Å². The molecule has 0 aromatic heterocycles. The van der Waals surface area contributed by atoms with Crippen LogP contribution in [-0.2, 0) is 10.8 Å². The van der Waals surface area contributed by atoms with Crippen LogP contribution in [0.4, 0.5) is 0 Å². The summed E-state index contributed by atoms with van der Waals surface area (Å²) < 4.78 is 10.4. The van der Waals surface area contributed by atoms with Crippen molar-refractivity contribution in [2.24, 2.45) is 0 Å². The SMILES string of the molecule is CC.CC1=CS(=O)C=C1. The molecule has 1 aliphatic rings. The van der Waals surface area contributed by atoms with E-state index in [1.54, 1.807) is 10.8 Å². The summed E-state index contributed by atoms with van der Waals surface area (Å²) in [6, 6.07) is 0. The van der Waals surface area contributed by atoms with Crippen molar-refractivity contribution in [2.45, 2.75) is 20.8 Å². The first-order chi connectivity index (χ1) is 4.29. The third-order valence-electron chi connectivity index (χ3n) is 0.767. The van der Waals surface area contributed by atoms with Crippen molar-refractivity contribution in [1.82, 2.24) is 0 Å². The molecule has 0 saturated carbocycles. The highest BCUT2D eigenvalue weighted by molar-refractivity contribution is 7.91. The molecule has 0 amide bonds. The van der Waals surface area contributed by atoms with Crippen LogP contribution in [-0.4, -0.2) is 4.21 Å². The lowest BCUT2D eigenvalue weighted by Crippen LogP contribution is -1.65. The predicted molar refractivity (Wildman–Crippen MR) is 42.4 cm³/mol. The fourth-order valence-electron chi connectivity index (χ4n) is 0.436. The Bertz CT molecular complexity index is 156. The molecule has 1 nitrogen and oxygen atoms in total. The summed E-state index contributed by atoms with van der Waals surface area (Å²) in [7, 11) is -0.796. The van der Waals surface area contributed by atoms with E-state index in [1.165, 1.54) is 0 Å². The standard InChI is InChI=1S/C5H6OS.C2H6/c1-5-2-3-7(6)4-5;1-2/h2-4H,1H3;1-2H3. The fraction of sp³-hybridized carbons (Fsp3) is 0.429. The summed E-state index contributed by atoms with van der Waals surface area (Å²) in [5.41, 5.74) is 1.10. The highest BCUT2D eigenvalue weighted by Crippen LogP contribution is 2.06. The second-order valence-corrected chi connectivity index (χ2v) is 2.66. The lowest BCUT2D eigenvalue weighted by atomic mass is 10.4. The molecule has 52 valence electrons. The van der Waals surface area contributed by atoms with Crippen molar-refractivity contribution >= 4 is 10.8 Å². The molecule has 0 radical (unpaired) electrons. The third kappa shape index (κ3) is 3.25. The average molecular weight is 144 g/mol. The minimum Gasteiger partial charge on any atom is -0.250 e. The molecular formula is C7H12OS. The second-order valence-electron chi connectivity index (χ2n) is 1.49. The minimum absolute atomic E-state index is 0.796. The van der Waals surface area contributed by atoms with Crippen LogP contribution in [0, 0.1) is 0 Å². The number of hydrogen-bond acceptors (Lipinski definition) is 1. The summed E-state index contributed by atoms with van der Waals surface area (Å²) in [4.78, 5) is 0. The van der Waals surface area contributed by atoms with Gasteiger partial charge in [0, 0.05) is 10.8 Å². The van der Waals surface area contributed by atoms with Gasteiger partial charge >= 0.3 is 0 Å². The van der Waals surface area contributed by atoms with Crippen LogP contribution in [0.1, 0.15) is 20.8 Å². The second kappa shape index (κ2) is 4.50. The molecule has 0 saturated heterocycles. The first-order valence-electron chi connectivity index (χ1n) is 3.05. The first-order valence-corrected chi connectivity index (χ1v) is 4.32. The highest BCUT2D eigenvalue weighted by Gasteiger charge is 1.94. The van der Waals surface area contributed by atoms with Gasteiger partial charge in [-0.3, -0.25) is 4.21 Å². The molecule has 1 heterocycles. The van der Waals surface area contributed by atoms with Gasteiger partial charge in [-0.15, -0.1) is 0 Å². The quantitative estimate of drug-likeness (QED) is 0.509. The van der Waals surface area contributed by atoms with Gasteiger partial charge in [-0.05, 0) is 18.6 Å². The summed E-state index contributed by atoms with van der Waals surface area (Å²) in [5, 5.41) is 3.40. The lowest BCUT2D eigenvalue weighted by Gasteiger charge is -1.72. The van der Waals surface area contributed by atoms with Crippen LogP contribution < -0.4 is 0 Å². The molecule has 0 aliphatic carbocycles. The molecule has 0 fully saturated rings. The summed E-state index contributed by atoms with van der Waals surface area (Å²) >= 11 is 0. The molecule has 0 aromatic carbocycles. The zero-order chi connectivity index (χ0) is 7.28. The van der Waals surface area contributed by atoms with Crippen molar-refractivity contribution in [3.05, 3.63) is 22.5 Å². The van der Waals surface area contributed by atoms with E-state index in [1.807, 2.05) is 26.8 Å². The zero-order valence-electron chi connectivity index (χ0n) is 6.05. The molecule has 1 unspecified atom stereocenters. The molecule has 9 heavy (non-hydrogen) atoms. The molecule has 0 spiro atoms. The summed E-state index contributed by atoms with van der Waals surface area (Å²) in [6.07, 6.45) is 1.86. The molecule has 1 aliphatic heterocycles. The van der Waals surface area contributed by atoms with Crippen molar-refractivity contribution < 1.29 is 4.21 Å². The predicted octanol–water partition coefficient (Wildman–Crippen LogP) is 2.19. The Kier molecular flexibility index (Phi) is 4.32. The van der Waals surface area contributed by atoms with E-state index in [-0.39, 0.29) is 0 Å². The van der Waals surface area contributed by atoms with E-state index in [4.69, 9.17) is 0 Å². The summed E-state index contributed by atoms with van der Waals surface area (Å²) in [6.45, 7) is 5.93. The Balaban J connectivity index is 0.000000291. The minimum atomic E-state index is -0.796. The van der Waals surface area contributed by atoms with Crippen molar-refractivity contribution in [2.75, 3.05) is 0 Å². The maximum Gasteiger partial charge on any atom is 0.0705 e. The largest absolute Gasteiger partial charge is 0.250 e. The molecule has 0 aromatic rings. The van der Waals surface area contributed by atoms with Crippen LogP contribution in [0.15, 0.2) is 22.5 Å². The van der Waals surface area contributed by atoms with Gasteiger partial charge < -0.3 is 0 Å². The molecule has 0 N–H and O–H groups in total. The van der Waals surface area contributed by atoms with Gasteiger partial charge in [-0.1, -0.05) is 13.8 Å². The third-order valence-corrected chi connectivity index (χ3v) is 1.78. The molecule has 1 rings (SSSR count). The zero-order valence-corrected chi connectivity index (χ0v) is 6.87. The van der Waals surface area contributed by atoms with Crippen LogP contribution in [0.5, 0.6) is 0 Å². The van der Waals surface area contributed by atoms with Crippen LogP contribution in [0.3, 0.4) is 0 Å². The Morgan fingerprint density at radius 3 is 2.11 bits per heavy atom. The average Bonchev–Trinajstić information content (AvgIpc) is 2.20. The monoisotopic (exact) mass is 144 g/mol. The Morgan fingerprint density at radius 2 is 2.00 bits per heavy atom. The van der Waals surface area contributed by atoms with Crippen molar-refractivity contribution in [3.63, 3.8) is 0 Å². The molecule has 0 bridgehead atoms. The van der Waals surface area contributed by atoms with E-state index in [0.717, 1.165) is 5.57 Å². The summed E-state index contributed by atoms with van der Waals surface area (Å²) in [5.74, 6) is 0. The molecule has 2 heteroatoms. The van der Waals surface area contributed by atoms with Gasteiger partial charge in [-0.2, -0.15) is 0 Å². The van der Waals surface area contributed by atoms with Gasteiger partial charge in [-0.25, -0.2) is 0 Å². The van der Waals surface area contributed by atoms with Crippen LogP contribution >= 0.6 is 0 Å². The smallest absolute Gasteiger partial charge is 0.0705 e. The highest BCUT2D eigenvalue weighted by atomic mass is 32.2. The van der Waals surface area contributed by atoms with Gasteiger partial charge in [0.2, 0.25) is 0 Å². The maximum atomic E-state index is 10.4. The number of rotatable bonds is 0. The van der Waals surface area contributed by atoms with E-state index in [9.17, 15) is 4.21 Å². The number of hydrogen-bond donors (Lipinski definition) is 0.